The van der Waals surface area contributed by atoms with Crippen molar-refractivity contribution in [2.45, 2.75) is 19.4 Å². The minimum atomic E-state index is -0.392. The highest BCUT2D eigenvalue weighted by Gasteiger charge is 2.33. The molecule has 3 N–H and O–H groups in total. The molecule has 0 spiro atoms. The first kappa shape index (κ1) is 19.7. The molecule has 0 atom stereocenters. The average Bonchev–Trinajstić information content (AvgIpc) is 3.62. The molecule has 0 bridgehead atoms. The number of amides is 1. The molecular formula is C24H21N5O3. The van der Waals surface area contributed by atoms with Crippen molar-refractivity contribution in [2.24, 2.45) is 5.92 Å². The molecule has 0 aliphatic heterocycles. The van der Waals surface area contributed by atoms with Gasteiger partial charge in [0, 0.05) is 17.7 Å². The van der Waals surface area contributed by atoms with E-state index in [4.69, 9.17) is 5.73 Å². The van der Waals surface area contributed by atoms with Crippen LogP contribution in [0.2, 0.25) is 0 Å². The zero-order chi connectivity index (χ0) is 22.2. The summed E-state index contributed by atoms with van der Waals surface area (Å²) < 4.78 is 2.74. The summed E-state index contributed by atoms with van der Waals surface area (Å²) in [7, 11) is 0. The van der Waals surface area contributed by atoms with E-state index in [0.29, 0.717) is 28.1 Å². The fourth-order valence-electron chi connectivity index (χ4n) is 3.70. The maximum Gasteiger partial charge on any atom is 0.337 e. The Morgan fingerprint density at radius 1 is 1.03 bits per heavy atom. The van der Waals surface area contributed by atoms with Crippen LogP contribution in [0.25, 0.3) is 11.2 Å². The zero-order valence-electron chi connectivity index (χ0n) is 17.2. The van der Waals surface area contributed by atoms with Crippen molar-refractivity contribution in [3.63, 3.8) is 0 Å². The lowest BCUT2D eigenvalue weighted by Crippen LogP contribution is -2.30. The lowest BCUT2D eigenvalue weighted by Gasteiger charge is -2.09. The molecule has 2 heterocycles. The number of rotatable bonds is 5. The number of nitrogens with zero attached hydrogens (tertiary/aromatic N) is 3. The Kier molecular flexibility index (Phi) is 4.82. The third-order valence-electron chi connectivity index (χ3n) is 5.60. The molecule has 1 fully saturated rings. The van der Waals surface area contributed by atoms with Crippen molar-refractivity contribution in [3.05, 3.63) is 88.5 Å². The maximum absolute atomic E-state index is 13.1. The number of benzene rings is 2. The molecule has 0 unspecified atom stereocenters. The van der Waals surface area contributed by atoms with Crippen molar-refractivity contribution in [3.8, 4) is 0 Å². The predicted molar refractivity (Wildman–Crippen MR) is 122 cm³/mol. The van der Waals surface area contributed by atoms with E-state index in [2.05, 4.69) is 10.3 Å². The Labute approximate surface area is 183 Å². The van der Waals surface area contributed by atoms with Crippen molar-refractivity contribution in [1.29, 1.82) is 0 Å². The molecule has 1 amide bonds. The van der Waals surface area contributed by atoms with Gasteiger partial charge < -0.3 is 11.1 Å². The number of carbonyl (C=O) groups is 2. The maximum atomic E-state index is 13.1. The van der Waals surface area contributed by atoms with Gasteiger partial charge in [-0.25, -0.2) is 14.3 Å². The van der Waals surface area contributed by atoms with Crippen LogP contribution in [0, 0.1) is 5.92 Å². The van der Waals surface area contributed by atoms with Crippen LogP contribution >= 0.6 is 0 Å². The minimum absolute atomic E-state index is 0.0802. The van der Waals surface area contributed by atoms with Crippen LogP contribution in [0.5, 0.6) is 0 Å². The lowest BCUT2D eigenvalue weighted by molar-refractivity contribution is 0.0885. The summed E-state index contributed by atoms with van der Waals surface area (Å²) in [5, 5.41) is 2.79. The van der Waals surface area contributed by atoms with Gasteiger partial charge in [-0.05, 0) is 54.8 Å². The highest BCUT2D eigenvalue weighted by Crippen LogP contribution is 2.31. The second-order valence-electron chi connectivity index (χ2n) is 7.90. The molecule has 4 aromatic rings. The van der Waals surface area contributed by atoms with Gasteiger partial charge in [-0.2, -0.15) is 0 Å². The summed E-state index contributed by atoms with van der Waals surface area (Å²) in [6.45, 7) is 0.241. The number of anilines is 2. The highest BCUT2D eigenvalue weighted by molar-refractivity contribution is 6.05. The molecule has 32 heavy (non-hydrogen) atoms. The molecular weight excluding hydrogens is 406 g/mol. The SMILES string of the molecule is Nc1ccccc1NC(=O)c1ccc(Cn2c(=O)n(C(=O)C3CC3)c3cccnc32)cc1. The first-order chi connectivity index (χ1) is 15.5. The Hall–Kier alpha value is -4.20. The predicted octanol–water partition coefficient (Wildman–Crippen LogP) is 3.13. The number of nitrogens with one attached hydrogen (secondary N) is 1. The number of carbonyl (C=O) groups excluding carboxylic acids is 2. The number of fused-ring (bicyclic) bond motifs is 1. The first-order valence-electron chi connectivity index (χ1n) is 10.4. The van der Waals surface area contributed by atoms with Gasteiger partial charge in [-0.1, -0.05) is 24.3 Å². The Bertz CT molecular complexity index is 1400. The molecule has 8 heteroatoms. The lowest BCUT2D eigenvalue weighted by atomic mass is 10.1. The van der Waals surface area contributed by atoms with E-state index in [1.807, 2.05) is 0 Å². The zero-order valence-corrected chi connectivity index (χ0v) is 17.2. The molecule has 0 radical (unpaired) electrons. The molecule has 5 rings (SSSR count). The summed E-state index contributed by atoms with van der Waals surface area (Å²) in [6, 6.07) is 17.5. The summed E-state index contributed by atoms with van der Waals surface area (Å²) >= 11 is 0. The van der Waals surface area contributed by atoms with Gasteiger partial charge in [0.2, 0.25) is 5.91 Å². The third kappa shape index (κ3) is 3.56. The molecule has 1 aliphatic rings. The van der Waals surface area contributed by atoms with Gasteiger partial charge in [0.25, 0.3) is 5.91 Å². The average molecular weight is 427 g/mol. The number of imidazole rings is 1. The van der Waals surface area contributed by atoms with Gasteiger partial charge in [0.15, 0.2) is 5.65 Å². The fraction of sp³-hybridized carbons (Fsp3) is 0.167. The minimum Gasteiger partial charge on any atom is -0.397 e. The molecule has 1 aliphatic carbocycles. The van der Waals surface area contributed by atoms with E-state index in [1.165, 1.54) is 9.13 Å². The van der Waals surface area contributed by atoms with E-state index in [1.54, 1.807) is 66.9 Å². The molecule has 1 saturated carbocycles. The third-order valence-corrected chi connectivity index (χ3v) is 5.60. The van der Waals surface area contributed by atoms with Gasteiger partial charge in [0.05, 0.1) is 23.4 Å². The normalized spacial score (nSPS) is 13.2. The number of para-hydroxylation sites is 2. The summed E-state index contributed by atoms with van der Waals surface area (Å²) in [6.07, 6.45) is 3.24. The number of hydrogen-bond donors (Lipinski definition) is 2. The van der Waals surface area contributed by atoms with Gasteiger partial charge in [-0.3, -0.25) is 14.2 Å². The summed E-state index contributed by atoms with van der Waals surface area (Å²) in [5.74, 6) is -0.526. The highest BCUT2D eigenvalue weighted by atomic mass is 16.2. The van der Waals surface area contributed by atoms with Crippen LogP contribution in [0.4, 0.5) is 11.4 Å². The monoisotopic (exact) mass is 427 g/mol. The van der Waals surface area contributed by atoms with E-state index in [0.717, 1.165) is 18.4 Å². The van der Waals surface area contributed by atoms with Crippen molar-refractivity contribution in [2.75, 3.05) is 11.1 Å². The topological polar surface area (TPSA) is 112 Å². The quantitative estimate of drug-likeness (QED) is 0.475. The number of pyridine rings is 1. The molecule has 160 valence electrons. The summed E-state index contributed by atoms with van der Waals surface area (Å²) in [4.78, 5) is 42.6. The molecule has 2 aromatic heterocycles. The fourth-order valence-corrected chi connectivity index (χ4v) is 3.70. The molecule has 0 saturated heterocycles. The Morgan fingerprint density at radius 2 is 1.78 bits per heavy atom. The second kappa shape index (κ2) is 7.81. The van der Waals surface area contributed by atoms with E-state index >= 15 is 0 Å². The van der Waals surface area contributed by atoms with E-state index < -0.39 is 5.69 Å². The van der Waals surface area contributed by atoms with Gasteiger partial charge in [0.1, 0.15) is 0 Å². The standard InChI is InChI=1S/C24H21N5O3/c25-18-4-1-2-5-19(18)27-22(30)16-9-7-15(8-10-16)14-28-21-20(6-3-13-26-21)29(24(28)32)23(31)17-11-12-17/h1-10,13,17H,11-12,14,25H2,(H,27,30). The van der Waals surface area contributed by atoms with Crippen molar-refractivity contribution in [1.82, 2.24) is 14.1 Å². The van der Waals surface area contributed by atoms with Crippen LogP contribution in [-0.4, -0.2) is 25.9 Å². The summed E-state index contributed by atoms with van der Waals surface area (Å²) in [5.41, 5.74) is 8.79. The number of hydrogen-bond acceptors (Lipinski definition) is 5. The van der Waals surface area contributed by atoms with Gasteiger partial charge in [-0.15, -0.1) is 0 Å². The Morgan fingerprint density at radius 3 is 2.50 bits per heavy atom. The largest absolute Gasteiger partial charge is 0.397 e. The first-order valence-corrected chi connectivity index (χ1v) is 10.4. The number of aromatic nitrogens is 3. The van der Waals surface area contributed by atoms with Crippen molar-refractivity contribution < 1.29 is 9.59 Å². The number of nitrogens with two attached hydrogens (primary N) is 1. The van der Waals surface area contributed by atoms with Crippen LogP contribution in [0.3, 0.4) is 0 Å². The van der Waals surface area contributed by atoms with E-state index in [9.17, 15) is 14.4 Å². The smallest absolute Gasteiger partial charge is 0.337 e. The molecule has 8 nitrogen and oxygen atoms in total. The van der Waals surface area contributed by atoms with Crippen LogP contribution in [0.15, 0.2) is 71.7 Å². The van der Waals surface area contributed by atoms with Crippen LogP contribution in [-0.2, 0) is 6.54 Å². The number of nitrogen functional groups attached to an aromatic ring is 1. The second-order valence-corrected chi connectivity index (χ2v) is 7.90. The van der Waals surface area contributed by atoms with Gasteiger partial charge >= 0.3 is 5.69 Å². The Balaban J connectivity index is 1.41. The van der Waals surface area contributed by atoms with Crippen LogP contribution < -0.4 is 16.7 Å². The van der Waals surface area contributed by atoms with E-state index in [-0.39, 0.29) is 24.3 Å². The van der Waals surface area contributed by atoms with Crippen molar-refractivity contribution >= 4 is 34.4 Å². The molecule has 2 aromatic carbocycles. The van der Waals surface area contributed by atoms with Crippen LogP contribution in [0.1, 0.15) is 33.6 Å².